The molecule has 1 N–H and O–H groups in total. The van der Waals surface area contributed by atoms with Gasteiger partial charge in [0.25, 0.3) is 0 Å². The van der Waals surface area contributed by atoms with Crippen LogP contribution in [0.4, 0.5) is 4.39 Å². The third-order valence-electron chi connectivity index (χ3n) is 3.59. The first kappa shape index (κ1) is 13.3. The fourth-order valence-corrected chi connectivity index (χ4v) is 2.60. The van der Waals surface area contributed by atoms with Gasteiger partial charge in [-0.3, -0.25) is 4.90 Å². The molecule has 0 aliphatic carbocycles. The number of hydrogen-bond donors (Lipinski definition) is 1. The summed E-state index contributed by atoms with van der Waals surface area (Å²) in [6.07, 6.45) is 2.98. The van der Waals surface area contributed by atoms with E-state index in [9.17, 15) is 4.39 Å². The second-order valence-corrected chi connectivity index (χ2v) is 4.74. The molecule has 1 atom stereocenters. The van der Waals surface area contributed by atoms with E-state index in [1.165, 1.54) is 6.07 Å². The zero-order valence-corrected chi connectivity index (χ0v) is 10.7. The van der Waals surface area contributed by atoms with Crippen molar-refractivity contribution in [2.75, 3.05) is 20.3 Å². The number of hydrogen-bond acceptors (Lipinski definition) is 3. The lowest BCUT2D eigenvalue weighted by atomic mass is 10.1. The van der Waals surface area contributed by atoms with Gasteiger partial charge in [0.15, 0.2) is 0 Å². The second kappa shape index (κ2) is 6.16. The average Bonchev–Trinajstić information content (AvgIpc) is 2.80. The molecule has 0 radical (unpaired) electrons. The summed E-state index contributed by atoms with van der Waals surface area (Å²) in [6.45, 7) is 1.76. The van der Waals surface area contributed by atoms with Crippen molar-refractivity contribution in [2.45, 2.75) is 31.8 Å². The van der Waals surface area contributed by atoms with Crippen molar-refractivity contribution in [2.24, 2.45) is 0 Å². The summed E-state index contributed by atoms with van der Waals surface area (Å²) in [7, 11) is 1.58. The Balaban J connectivity index is 2.08. The van der Waals surface area contributed by atoms with Gasteiger partial charge in [0.1, 0.15) is 11.6 Å². The number of halogens is 1. The zero-order valence-electron chi connectivity index (χ0n) is 10.7. The number of benzene rings is 1. The van der Waals surface area contributed by atoms with Gasteiger partial charge in [0, 0.05) is 24.8 Å². The molecule has 0 saturated carbocycles. The quantitative estimate of drug-likeness (QED) is 0.873. The molecule has 18 heavy (non-hydrogen) atoms. The van der Waals surface area contributed by atoms with Crippen LogP contribution in [-0.2, 0) is 6.54 Å². The number of aliphatic hydroxyl groups is 1. The molecule has 1 aromatic carbocycles. The molecule has 1 aromatic rings. The first-order chi connectivity index (χ1) is 8.74. The Bertz CT molecular complexity index is 397. The Labute approximate surface area is 107 Å². The van der Waals surface area contributed by atoms with Gasteiger partial charge in [-0.1, -0.05) is 0 Å². The van der Waals surface area contributed by atoms with Crippen molar-refractivity contribution >= 4 is 0 Å². The first-order valence-electron chi connectivity index (χ1n) is 6.42. The fourth-order valence-electron chi connectivity index (χ4n) is 2.60. The van der Waals surface area contributed by atoms with Crippen LogP contribution >= 0.6 is 0 Å². The number of methoxy groups -OCH3 is 1. The lowest BCUT2D eigenvalue weighted by Gasteiger charge is -2.24. The minimum Gasteiger partial charge on any atom is -0.497 e. The number of nitrogens with zero attached hydrogens (tertiary/aromatic N) is 1. The van der Waals surface area contributed by atoms with E-state index in [2.05, 4.69) is 4.90 Å². The number of likely N-dealkylation sites (tertiary alicyclic amines) is 1. The van der Waals surface area contributed by atoms with Crippen LogP contribution in [0.1, 0.15) is 24.8 Å². The van der Waals surface area contributed by atoms with Crippen LogP contribution in [0.15, 0.2) is 18.2 Å². The third-order valence-corrected chi connectivity index (χ3v) is 3.59. The average molecular weight is 253 g/mol. The first-order valence-corrected chi connectivity index (χ1v) is 6.42. The Kier molecular flexibility index (Phi) is 4.55. The molecule has 4 heteroatoms. The van der Waals surface area contributed by atoms with Gasteiger partial charge >= 0.3 is 0 Å². The monoisotopic (exact) mass is 253 g/mol. The Morgan fingerprint density at radius 3 is 3.06 bits per heavy atom. The topological polar surface area (TPSA) is 32.7 Å². The molecule has 0 unspecified atom stereocenters. The molecule has 1 aliphatic heterocycles. The molecule has 1 fully saturated rings. The minimum absolute atomic E-state index is 0.189. The van der Waals surface area contributed by atoms with Gasteiger partial charge < -0.3 is 9.84 Å². The Morgan fingerprint density at radius 2 is 2.33 bits per heavy atom. The van der Waals surface area contributed by atoms with E-state index < -0.39 is 0 Å². The largest absolute Gasteiger partial charge is 0.497 e. The highest BCUT2D eigenvalue weighted by atomic mass is 19.1. The summed E-state index contributed by atoms with van der Waals surface area (Å²) in [5, 5.41) is 9.03. The van der Waals surface area contributed by atoms with Crippen LogP contribution in [0.3, 0.4) is 0 Å². The van der Waals surface area contributed by atoms with Crippen LogP contribution in [0.25, 0.3) is 0 Å². The maximum absolute atomic E-state index is 13.7. The molecule has 3 nitrogen and oxygen atoms in total. The summed E-state index contributed by atoms with van der Waals surface area (Å²) in [5.41, 5.74) is 0.666. The predicted molar refractivity (Wildman–Crippen MR) is 68.1 cm³/mol. The molecule has 1 heterocycles. The summed E-state index contributed by atoms with van der Waals surface area (Å²) in [6, 6.07) is 5.21. The molecular weight excluding hydrogens is 233 g/mol. The summed E-state index contributed by atoms with van der Waals surface area (Å²) in [4.78, 5) is 2.24. The molecule has 2 rings (SSSR count). The van der Waals surface area contributed by atoms with Crippen LogP contribution in [0.2, 0.25) is 0 Å². The fraction of sp³-hybridized carbons (Fsp3) is 0.571. The molecule has 0 amide bonds. The van der Waals surface area contributed by atoms with E-state index in [0.29, 0.717) is 23.9 Å². The van der Waals surface area contributed by atoms with Gasteiger partial charge in [-0.05, 0) is 44.0 Å². The maximum atomic E-state index is 13.7. The van der Waals surface area contributed by atoms with Gasteiger partial charge in [0.2, 0.25) is 0 Å². The van der Waals surface area contributed by atoms with E-state index in [1.54, 1.807) is 19.2 Å². The van der Waals surface area contributed by atoms with Gasteiger partial charge in [-0.2, -0.15) is 0 Å². The second-order valence-electron chi connectivity index (χ2n) is 4.74. The highest BCUT2D eigenvalue weighted by Gasteiger charge is 2.24. The van der Waals surface area contributed by atoms with Crippen LogP contribution in [0, 0.1) is 5.82 Å². The van der Waals surface area contributed by atoms with E-state index in [-0.39, 0.29) is 12.4 Å². The number of ether oxygens (including phenoxy) is 1. The van der Waals surface area contributed by atoms with Crippen molar-refractivity contribution < 1.29 is 14.2 Å². The molecule has 1 aliphatic rings. The lowest BCUT2D eigenvalue weighted by molar-refractivity contribution is 0.188. The van der Waals surface area contributed by atoms with Crippen molar-refractivity contribution in [3.8, 4) is 5.75 Å². The highest BCUT2D eigenvalue weighted by Crippen LogP contribution is 2.25. The van der Waals surface area contributed by atoms with E-state index in [0.717, 1.165) is 25.8 Å². The van der Waals surface area contributed by atoms with Crippen LogP contribution < -0.4 is 4.74 Å². The Hall–Kier alpha value is -1.13. The standard InChI is InChI=1S/C14H20FNO2/c1-18-13-4-5-14(15)11(9-13)10-16-7-2-3-12(16)6-8-17/h4-5,9,12,17H,2-3,6-8,10H2,1H3/t12-/m1/s1. The molecule has 0 bridgehead atoms. The van der Waals surface area contributed by atoms with Gasteiger partial charge in [-0.15, -0.1) is 0 Å². The molecular formula is C14H20FNO2. The molecule has 1 saturated heterocycles. The third kappa shape index (κ3) is 3.00. The van der Waals surface area contributed by atoms with Gasteiger partial charge in [-0.25, -0.2) is 4.39 Å². The molecule has 0 aromatic heterocycles. The highest BCUT2D eigenvalue weighted by molar-refractivity contribution is 5.29. The summed E-state index contributed by atoms with van der Waals surface area (Å²) < 4.78 is 18.9. The normalized spacial score (nSPS) is 20.3. The number of rotatable bonds is 5. The van der Waals surface area contributed by atoms with E-state index in [4.69, 9.17) is 9.84 Å². The molecule has 100 valence electrons. The zero-order chi connectivity index (χ0) is 13.0. The minimum atomic E-state index is -0.189. The van der Waals surface area contributed by atoms with Crippen LogP contribution in [-0.4, -0.2) is 36.3 Å². The van der Waals surface area contributed by atoms with Crippen LogP contribution in [0.5, 0.6) is 5.75 Å². The lowest BCUT2D eigenvalue weighted by Crippen LogP contribution is -2.30. The SMILES string of the molecule is COc1ccc(F)c(CN2CCC[C@@H]2CCO)c1. The van der Waals surface area contributed by atoms with Crippen molar-refractivity contribution in [3.05, 3.63) is 29.6 Å². The molecule has 0 spiro atoms. The smallest absolute Gasteiger partial charge is 0.127 e. The van der Waals surface area contributed by atoms with Crippen molar-refractivity contribution in [3.63, 3.8) is 0 Å². The summed E-state index contributed by atoms with van der Waals surface area (Å²) in [5.74, 6) is 0.495. The van der Waals surface area contributed by atoms with E-state index in [1.807, 2.05) is 0 Å². The maximum Gasteiger partial charge on any atom is 0.127 e. The Morgan fingerprint density at radius 1 is 1.50 bits per heavy atom. The summed E-state index contributed by atoms with van der Waals surface area (Å²) >= 11 is 0. The van der Waals surface area contributed by atoms with Crippen molar-refractivity contribution in [1.29, 1.82) is 0 Å². The number of aliphatic hydroxyl groups excluding tert-OH is 1. The van der Waals surface area contributed by atoms with E-state index >= 15 is 0 Å². The van der Waals surface area contributed by atoms with Crippen molar-refractivity contribution in [1.82, 2.24) is 4.90 Å². The van der Waals surface area contributed by atoms with Gasteiger partial charge in [0.05, 0.1) is 7.11 Å². The predicted octanol–water partition coefficient (Wildman–Crippen LogP) is 2.18.